The Bertz CT molecular complexity index is 969. The highest BCUT2D eigenvalue weighted by atomic mass is 35.5. The Kier molecular flexibility index (Phi) is 6.07. The molecule has 1 amide bonds. The van der Waals surface area contributed by atoms with Crippen LogP contribution in [-0.4, -0.2) is 24.9 Å². The van der Waals surface area contributed by atoms with Gasteiger partial charge in [-0.05, 0) is 13.8 Å². The number of nitrogens with one attached hydrogen (secondary N) is 3. The maximum Gasteiger partial charge on any atom is 0.299 e. The first-order chi connectivity index (χ1) is 12.4. The second-order valence-corrected chi connectivity index (χ2v) is 7.73. The van der Waals surface area contributed by atoms with Crippen LogP contribution in [0.2, 0.25) is 5.02 Å². The van der Waals surface area contributed by atoms with Crippen LogP contribution >= 0.6 is 11.6 Å². The summed E-state index contributed by atoms with van der Waals surface area (Å²) in [5.74, 6) is -5.50. The lowest BCUT2D eigenvalue weighted by atomic mass is 10.2. The zero-order valence-electron chi connectivity index (χ0n) is 14.4. The van der Waals surface area contributed by atoms with Crippen LogP contribution in [-0.2, 0) is 17.3 Å². The number of hydrogen-bond acceptors (Lipinski definition) is 3. The lowest BCUT2D eigenvalue weighted by molar-refractivity contribution is 0.101. The number of aromatic nitrogens is 1. The molecule has 0 spiro atoms. The van der Waals surface area contributed by atoms with E-state index in [-0.39, 0.29) is 28.1 Å². The molecule has 148 valence electrons. The SMILES string of the molecule is CC(C)NS(=O)(=O)Nc1cn(C)c(C(=O)Nc2cc(F)c(F)c(F)c2)c1Cl. The van der Waals surface area contributed by atoms with Crippen molar-refractivity contribution in [3.05, 3.63) is 46.5 Å². The molecule has 1 heterocycles. The molecule has 0 unspecified atom stereocenters. The second-order valence-electron chi connectivity index (χ2n) is 5.90. The van der Waals surface area contributed by atoms with Gasteiger partial charge in [-0.2, -0.15) is 13.1 Å². The van der Waals surface area contributed by atoms with E-state index in [1.165, 1.54) is 17.8 Å². The summed E-state index contributed by atoms with van der Waals surface area (Å²) in [4.78, 5) is 12.4. The van der Waals surface area contributed by atoms with Crippen molar-refractivity contribution in [3.63, 3.8) is 0 Å². The van der Waals surface area contributed by atoms with Crippen LogP contribution in [0.3, 0.4) is 0 Å². The quantitative estimate of drug-likeness (QED) is 0.622. The average Bonchev–Trinajstić information content (AvgIpc) is 2.76. The highest BCUT2D eigenvalue weighted by molar-refractivity contribution is 7.90. The Labute approximate surface area is 158 Å². The largest absolute Gasteiger partial charge is 0.343 e. The van der Waals surface area contributed by atoms with Gasteiger partial charge in [0.05, 0.1) is 10.7 Å². The first-order valence-corrected chi connectivity index (χ1v) is 9.38. The van der Waals surface area contributed by atoms with Crippen LogP contribution in [0.5, 0.6) is 0 Å². The van der Waals surface area contributed by atoms with Crippen LogP contribution in [0, 0.1) is 17.5 Å². The Morgan fingerprint density at radius 3 is 2.26 bits per heavy atom. The Hall–Kier alpha value is -2.24. The maximum absolute atomic E-state index is 13.3. The van der Waals surface area contributed by atoms with Crippen molar-refractivity contribution in [2.45, 2.75) is 19.9 Å². The summed E-state index contributed by atoms with van der Waals surface area (Å²) in [6, 6.07) is 0.822. The number of halogens is 4. The minimum absolute atomic E-state index is 0.0751. The van der Waals surface area contributed by atoms with E-state index < -0.39 is 33.6 Å². The van der Waals surface area contributed by atoms with Crippen LogP contribution in [0.1, 0.15) is 24.3 Å². The molecule has 1 aromatic carbocycles. The topological polar surface area (TPSA) is 92.2 Å². The molecule has 0 radical (unpaired) electrons. The highest BCUT2D eigenvalue weighted by Crippen LogP contribution is 2.29. The van der Waals surface area contributed by atoms with E-state index in [0.717, 1.165) is 0 Å². The van der Waals surface area contributed by atoms with Gasteiger partial charge in [0, 0.05) is 37.1 Å². The van der Waals surface area contributed by atoms with E-state index in [2.05, 4.69) is 14.8 Å². The maximum atomic E-state index is 13.3. The number of carbonyl (C=O) groups is 1. The van der Waals surface area contributed by atoms with Gasteiger partial charge in [-0.3, -0.25) is 9.52 Å². The molecular formula is C15H16ClF3N4O3S. The standard InChI is InChI=1S/C15H16ClF3N4O3S/c1-7(2)21-27(25,26)22-11-6-23(3)14(12(11)16)15(24)20-8-4-9(17)13(19)10(18)5-8/h4-7,21-22H,1-3H3,(H,20,24). The molecule has 0 atom stereocenters. The molecule has 0 aliphatic carbocycles. The average molecular weight is 425 g/mol. The second kappa shape index (κ2) is 7.79. The van der Waals surface area contributed by atoms with Crippen LogP contribution < -0.4 is 14.8 Å². The van der Waals surface area contributed by atoms with Crippen molar-refractivity contribution in [1.82, 2.24) is 9.29 Å². The number of carbonyl (C=O) groups excluding carboxylic acids is 1. The van der Waals surface area contributed by atoms with Gasteiger partial charge >= 0.3 is 0 Å². The Morgan fingerprint density at radius 1 is 1.19 bits per heavy atom. The molecule has 0 saturated carbocycles. The summed E-state index contributed by atoms with van der Waals surface area (Å²) in [7, 11) is -2.51. The normalized spacial score (nSPS) is 11.7. The summed E-state index contributed by atoms with van der Waals surface area (Å²) in [6.45, 7) is 3.23. The van der Waals surface area contributed by atoms with Crippen LogP contribution in [0.25, 0.3) is 0 Å². The van der Waals surface area contributed by atoms with Gasteiger partial charge in [0.1, 0.15) is 5.69 Å². The number of rotatable bonds is 6. The molecule has 2 rings (SSSR count). The smallest absolute Gasteiger partial charge is 0.299 e. The molecule has 7 nitrogen and oxygen atoms in total. The summed E-state index contributed by atoms with van der Waals surface area (Å²) in [6.07, 6.45) is 1.25. The molecule has 0 bridgehead atoms. The van der Waals surface area contributed by atoms with E-state index in [1.54, 1.807) is 13.8 Å². The third kappa shape index (κ3) is 4.93. The lowest BCUT2D eigenvalue weighted by Gasteiger charge is -2.11. The number of anilines is 2. The zero-order valence-corrected chi connectivity index (χ0v) is 16.0. The summed E-state index contributed by atoms with van der Waals surface area (Å²) >= 11 is 6.08. The van der Waals surface area contributed by atoms with Gasteiger partial charge in [-0.15, -0.1) is 0 Å². The third-order valence-corrected chi connectivity index (χ3v) is 4.86. The van der Waals surface area contributed by atoms with E-state index in [9.17, 15) is 26.4 Å². The molecule has 0 saturated heterocycles. The molecular weight excluding hydrogens is 409 g/mol. The van der Waals surface area contributed by atoms with Crippen LogP contribution in [0.4, 0.5) is 24.5 Å². The van der Waals surface area contributed by atoms with Crippen molar-refractivity contribution < 1.29 is 26.4 Å². The first kappa shape index (κ1) is 21.1. The van der Waals surface area contributed by atoms with E-state index >= 15 is 0 Å². The molecule has 1 aromatic heterocycles. The minimum Gasteiger partial charge on any atom is -0.343 e. The predicted molar refractivity (Wildman–Crippen MR) is 95.5 cm³/mol. The van der Waals surface area contributed by atoms with Gasteiger partial charge in [0.25, 0.3) is 16.1 Å². The molecule has 0 aliphatic rings. The number of amides is 1. The summed E-state index contributed by atoms with van der Waals surface area (Å²) < 4.78 is 69.1. The van der Waals surface area contributed by atoms with Crippen molar-refractivity contribution in [1.29, 1.82) is 0 Å². The monoisotopic (exact) mass is 424 g/mol. The fourth-order valence-corrected chi connectivity index (χ4v) is 3.73. The van der Waals surface area contributed by atoms with Gasteiger partial charge < -0.3 is 9.88 Å². The van der Waals surface area contributed by atoms with Crippen molar-refractivity contribution in [3.8, 4) is 0 Å². The number of nitrogens with zero attached hydrogens (tertiary/aromatic N) is 1. The predicted octanol–water partition coefficient (Wildman–Crippen LogP) is 3.00. The lowest BCUT2D eigenvalue weighted by Crippen LogP contribution is -2.35. The molecule has 12 heteroatoms. The third-order valence-electron chi connectivity index (χ3n) is 3.21. The number of aryl methyl sites for hydroxylation is 1. The fourth-order valence-electron chi connectivity index (χ4n) is 2.23. The summed E-state index contributed by atoms with van der Waals surface area (Å²) in [5, 5.41) is 1.94. The van der Waals surface area contributed by atoms with Gasteiger partial charge in [0.2, 0.25) is 0 Å². The number of hydrogen-bond donors (Lipinski definition) is 3. The minimum atomic E-state index is -3.93. The Balaban J connectivity index is 2.29. The first-order valence-electron chi connectivity index (χ1n) is 7.52. The van der Waals surface area contributed by atoms with Gasteiger partial charge in [-0.1, -0.05) is 11.6 Å². The van der Waals surface area contributed by atoms with Crippen molar-refractivity contribution in [2.24, 2.45) is 7.05 Å². The van der Waals surface area contributed by atoms with E-state index in [4.69, 9.17) is 11.6 Å². The van der Waals surface area contributed by atoms with E-state index in [1.807, 2.05) is 0 Å². The fraction of sp³-hybridized carbons (Fsp3) is 0.267. The highest BCUT2D eigenvalue weighted by Gasteiger charge is 2.23. The van der Waals surface area contributed by atoms with Gasteiger partial charge in [0.15, 0.2) is 17.5 Å². The molecule has 27 heavy (non-hydrogen) atoms. The molecule has 3 N–H and O–H groups in total. The van der Waals surface area contributed by atoms with E-state index in [0.29, 0.717) is 12.1 Å². The van der Waals surface area contributed by atoms with Crippen LogP contribution in [0.15, 0.2) is 18.3 Å². The molecule has 0 fully saturated rings. The molecule has 2 aromatic rings. The van der Waals surface area contributed by atoms with Crippen molar-refractivity contribution in [2.75, 3.05) is 10.0 Å². The van der Waals surface area contributed by atoms with Crippen molar-refractivity contribution >= 4 is 39.1 Å². The zero-order chi connectivity index (χ0) is 20.5. The Morgan fingerprint density at radius 2 is 1.74 bits per heavy atom. The summed E-state index contributed by atoms with van der Waals surface area (Å²) in [5.41, 5.74) is -0.588. The van der Waals surface area contributed by atoms with Gasteiger partial charge in [-0.25, -0.2) is 13.2 Å². The number of benzene rings is 1. The molecule has 0 aliphatic heterocycles.